The second-order valence-electron chi connectivity index (χ2n) is 4.30. The van der Waals surface area contributed by atoms with Crippen LogP contribution in [0.5, 0.6) is 0 Å². The van der Waals surface area contributed by atoms with Gasteiger partial charge in [-0.05, 0) is 32.5 Å². The molecule has 4 heteroatoms. The van der Waals surface area contributed by atoms with E-state index in [-0.39, 0.29) is 0 Å². The van der Waals surface area contributed by atoms with E-state index < -0.39 is 0 Å². The molecular formula is C13H20N4. The van der Waals surface area contributed by atoms with Gasteiger partial charge in [0, 0.05) is 31.2 Å². The van der Waals surface area contributed by atoms with Crippen molar-refractivity contribution in [2.24, 2.45) is 0 Å². The lowest BCUT2D eigenvalue weighted by Crippen LogP contribution is -2.11. The fourth-order valence-corrected chi connectivity index (χ4v) is 1.93. The Bertz CT molecular complexity index is 469. The Balaban J connectivity index is 2.11. The van der Waals surface area contributed by atoms with Crippen LogP contribution in [-0.2, 0) is 13.1 Å². The first-order chi connectivity index (χ1) is 8.24. The summed E-state index contributed by atoms with van der Waals surface area (Å²) in [4.78, 5) is 4.18. The third-order valence-corrected chi connectivity index (χ3v) is 3.19. The SMILES string of the molecule is CCn1cncc1Cn1ccc(C(C)NC)c1. The zero-order valence-corrected chi connectivity index (χ0v) is 10.7. The lowest BCUT2D eigenvalue weighted by molar-refractivity contribution is 0.642. The summed E-state index contributed by atoms with van der Waals surface area (Å²) in [5.74, 6) is 0. The highest BCUT2D eigenvalue weighted by molar-refractivity contribution is 5.15. The monoisotopic (exact) mass is 232 g/mol. The summed E-state index contributed by atoms with van der Waals surface area (Å²) in [5.41, 5.74) is 2.56. The number of hydrogen-bond acceptors (Lipinski definition) is 2. The maximum absolute atomic E-state index is 4.18. The van der Waals surface area contributed by atoms with Crippen LogP contribution in [0.25, 0.3) is 0 Å². The Kier molecular flexibility index (Phi) is 3.64. The van der Waals surface area contributed by atoms with Crippen molar-refractivity contribution in [1.29, 1.82) is 0 Å². The second kappa shape index (κ2) is 5.19. The van der Waals surface area contributed by atoms with Crippen molar-refractivity contribution in [2.75, 3.05) is 7.05 Å². The molecule has 2 heterocycles. The van der Waals surface area contributed by atoms with E-state index >= 15 is 0 Å². The van der Waals surface area contributed by atoms with Gasteiger partial charge in [0.05, 0.1) is 18.6 Å². The quantitative estimate of drug-likeness (QED) is 0.856. The molecule has 1 atom stereocenters. The number of aryl methyl sites for hydroxylation is 1. The van der Waals surface area contributed by atoms with Crippen LogP contribution in [0.2, 0.25) is 0 Å². The van der Waals surface area contributed by atoms with Crippen molar-refractivity contribution in [3.05, 3.63) is 42.2 Å². The fourth-order valence-electron chi connectivity index (χ4n) is 1.93. The molecule has 0 saturated heterocycles. The van der Waals surface area contributed by atoms with E-state index in [0.29, 0.717) is 6.04 Å². The van der Waals surface area contributed by atoms with Crippen LogP contribution in [0.15, 0.2) is 31.0 Å². The zero-order chi connectivity index (χ0) is 12.3. The van der Waals surface area contributed by atoms with E-state index in [1.54, 1.807) is 0 Å². The molecule has 0 aliphatic rings. The molecule has 0 amide bonds. The van der Waals surface area contributed by atoms with Gasteiger partial charge in [0.15, 0.2) is 0 Å². The van der Waals surface area contributed by atoms with E-state index in [2.05, 4.69) is 51.7 Å². The minimum Gasteiger partial charge on any atom is -0.348 e. The van der Waals surface area contributed by atoms with Gasteiger partial charge in [0.1, 0.15) is 0 Å². The van der Waals surface area contributed by atoms with E-state index in [1.807, 2.05) is 19.6 Å². The normalized spacial score (nSPS) is 12.9. The predicted molar refractivity (Wildman–Crippen MR) is 68.9 cm³/mol. The average Bonchev–Trinajstić information content (AvgIpc) is 2.97. The van der Waals surface area contributed by atoms with Crippen LogP contribution in [0.3, 0.4) is 0 Å². The third-order valence-electron chi connectivity index (χ3n) is 3.19. The maximum Gasteiger partial charge on any atom is 0.0948 e. The standard InChI is InChI=1S/C13H20N4/c1-4-17-10-15-7-13(17)9-16-6-5-12(8-16)11(2)14-3/h5-8,10-11,14H,4,9H2,1-3H3. The van der Waals surface area contributed by atoms with Gasteiger partial charge in [-0.2, -0.15) is 0 Å². The highest BCUT2D eigenvalue weighted by Crippen LogP contribution is 2.13. The lowest BCUT2D eigenvalue weighted by Gasteiger charge is -2.08. The van der Waals surface area contributed by atoms with Crippen molar-refractivity contribution in [2.45, 2.75) is 33.0 Å². The topological polar surface area (TPSA) is 34.8 Å². The van der Waals surface area contributed by atoms with Gasteiger partial charge in [-0.1, -0.05) is 0 Å². The molecule has 0 aliphatic heterocycles. The molecule has 0 radical (unpaired) electrons. The van der Waals surface area contributed by atoms with Crippen LogP contribution in [0, 0.1) is 0 Å². The van der Waals surface area contributed by atoms with Crippen LogP contribution in [0.4, 0.5) is 0 Å². The number of aromatic nitrogens is 3. The molecule has 1 unspecified atom stereocenters. The summed E-state index contributed by atoms with van der Waals surface area (Å²) in [6.07, 6.45) is 8.13. The van der Waals surface area contributed by atoms with Crippen LogP contribution < -0.4 is 5.32 Å². The molecule has 0 saturated carbocycles. The molecule has 0 aliphatic carbocycles. The lowest BCUT2D eigenvalue weighted by atomic mass is 10.2. The second-order valence-corrected chi connectivity index (χ2v) is 4.30. The summed E-state index contributed by atoms with van der Waals surface area (Å²) < 4.78 is 4.37. The van der Waals surface area contributed by atoms with Crippen molar-refractivity contribution in [1.82, 2.24) is 19.4 Å². The van der Waals surface area contributed by atoms with E-state index in [1.165, 1.54) is 11.3 Å². The van der Waals surface area contributed by atoms with Crippen LogP contribution >= 0.6 is 0 Å². The molecule has 0 aromatic carbocycles. The van der Waals surface area contributed by atoms with Gasteiger partial charge in [0.2, 0.25) is 0 Å². The van der Waals surface area contributed by atoms with Gasteiger partial charge in [0.25, 0.3) is 0 Å². The highest BCUT2D eigenvalue weighted by atomic mass is 15.1. The molecular weight excluding hydrogens is 212 g/mol. The first-order valence-corrected chi connectivity index (χ1v) is 6.06. The maximum atomic E-state index is 4.18. The highest BCUT2D eigenvalue weighted by Gasteiger charge is 2.06. The summed E-state index contributed by atoms with van der Waals surface area (Å²) in [6.45, 7) is 6.14. The minimum absolute atomic E-state index is 0.396. The van der Waals surface area contributed by atoms with Crippen molar-refractivity contribution in [3.63, 3.8) is 0 Å². The van der Waals surface area contributed by atoms with Gasteiger partial charge >= 0.3 is 0 Å². The van der Waals surface area contributed by atoms with Gasteiger partial charge in [-0.3, -0.25) is 0 Å². The fraction of sp³-hybridized carbons (Fsp3) is 0.462. The Morgan fingerprint density at radius 2 is 2.29 bits per heavy atom. The molecule has 0 spiro atoms. The summed E-state index contributed by atoms with van der Waals surface area (Å²) >= 11 is 0. The molecule has 2 rings (SSSR count). The van der Waals surface area contributed by atoms with Crippen molar-refractivity contribution < 1.29 is 0 Å². The van der Waals surface area contributed by atoms with Crippen molar-refractivity contribution >= 4 is 0 Å². The Morgan fingerprint density at radius 3 is 3.00 bits per heavy atom. The molecule has 4 nitrogen and oxygen atoms in total. The summed E-state index contributed by atoms with van der Waals surface area (Å²) in [6, 6.07) is 2.56. The van der Waals surface area contributed by atoms with Gasteiger partial charge in [-0.15, -0.1) is 0 Å². The average molecular weight is 232 g/mol. The van der Waals surface area contributed by atoms with E-state index in [0.717, 1.165) is 13.1 Å². The first kappa shape index (κ1) is 11.9. The number of rotatable bonds is 5. The van der Waals surface area contributed by atoms with E-state index in [9.17, 15) is 0 Å². The third kappa shape index (κ3) is 2.58. The summed E-state index contributed by atoms with van der Waals surface area (Å²) in [5, 5.41) is 3.25. The number of hydrogen-bond donors (Lipinski definition) is 1. The molecule has 0 bridgehead atoms. The molecule has 2 aromatic rings. The number of nitrogens with one attached hydrogen (secondary N) is 1. The smallest absolute Gasteiger partial charge is 0.0948 e. The predicted octanol–water partition coefficient (Wildman–Crippen LogP) is 2.03. The Hall–Kier alpha value is -1.55. The van der Waals surface area contributed by atoms with Gasteiger partial charge in [-0.25, -0.2) is 4.98 Å². The van der Waals surface area contributed by atoms with Gasteiger partial charge < -0.3 is 14.5 Å². The molecule has 17 heavy (non-hydrogen) atoms. The molecule has 1 N–H and O–H groups in total. The van der Waals surface area contributed by atoms with E-state index in [4.69, 9.17) is 0 Å². The molecule has 92 valence electrons. The molecule has 2 aromatic heterocycles. The first-order valence-electron chi connectivity index (χ1n) is 6.06. The summed E-state index contributed by atoms with van der Waals surface area (Å²) in [7, 11) is 1.98. The van der Waals surface area contributed by atoms with Crippen LogP contribution in [0.1, 0.15) is 31.1 Å². The Labute approximate surface area is 102 Å². The zero-order valence-electron chi connectivity index (χ0n) is 10.7. The van der Waals surface area contributed by atoms with Crippen LogP contribution in [-0.4, -0.2) is 21.2 Å². The minimum atomic E-state index is 0.396. The Morgan fingerprint density at radius 1 is 1.47 bits per heavy atom. The largest absolute Gasteiger partial charge is 0.348 e. The number of nitrogens with zero attached hydrogens (tertiary/aromatic N) is 3. The van der Waals surface area contributed by atoms with Crippen molar-refractivity contribution in [3.8, 4) is 0 Å². The molecule has 0 fully saturated rings. The number of imidazole rings is 1.